The minimum Gasteiger partial charge on any atom is -0.211 e. The first-order chi connectivity index (χ1) is 7.59. The lowest BCUT2D eigenvalue weighted by molar-refractivity contribution is 0.151. The topological polar surface area (TPSA) is 29.4 Å². The zero-order valence-corrected chi connectivity index (χ0v) is 8.97. The molecule has 0 aliphatic heterocycles. The lowest BCUT2D eigenvalue weighted by Gasteiger charge is -2.12. The highest BCUT2D eigenvalue weighted by Gasteiger charge is 2.46. The minimum atomic E-state index is -2.55. The highest BCUT2D eigenvalue weighted by Crippen LogP contribution is 2.51. The zero-order chi connectivity index (χ0) is 11.8. The second-order valence-corrected chi connectivity index (χ2v) is 4.18. The summed E-state index contributed by atoms with van der Waals surface area (Å²) in [5.74, 6) is 0. The quantitative estimate of drug-likeness (QED) is 0.589. The highest BCUT2D eigenvalue weighted by molar-refractivity contribution is 6.31. The SMILES string of the molecule is O=C=NC1(c2cc(C(F)F)ccc2Cl)CC1. The number of nitrogens with zero attached hydrogens (tertiary/aromatic N) is 1. The summed E-state index contributed by atoms with van der Waals surface area (Å²) in [6, 6.07) is 4.01. The van der Waals surface area contributed by atoms with E-state index in [-0.39, 0.29) is 5.56 Å². The molecular formula is C11H8ClF2NO. The molecule has 0 aromatic heterocycles. The van der Waals surface area contributed by atoms with Crippen LogP contribution in [0.15, 0.2) is 23.2 Å². The molecule has 1 aliphatic carbocycles. The monoisotopic (exact) mass is 243 g/mol. The van der Waals surface area contributed by atoms with Crippen molar-refractivity contribution >= 4 is 17.7 Å². The van der Waals surface area contributed by atoms with Crippen molar-refractivity contribution in [1.29, 1.82) is 0 Å². The fourth-order valence-corrected chi connectivity index (χ4v) is 1.98. The molecule has 1 aliphatic rings. The summed E-state index contributed by atoms with van der Waals surface area (Å²) in [5.41, 5.74) is -0.314. The molecule has 0 saturated heterocycles. The van der Waals surface area contributed by atoms with E-state index in [1.807, 2.05) is 0 Å². The third kappa shape index (κ3) is 1.86. The predicted molar refractivity (Wildman–Crippen MR) is 55.4 cm³/mol. The van der Waals surface area contributed by atoms with Crippen LogP contribution in [0.2, 0.25) is 5.02 Å². The first-order valence-corrected chi connectivity index (χ1v) is 5.14. The van der Waals surface area contributed by atoms with Crippen molar-refractivity contribution in [3.8, 4) is 0 Å². The molecule has 1 saturated carbocycles. The van der Waals surface area contributed by atoms with E-state index in [4.69, 9.17) is 11.6 Å². The predicted octanol–water partition coefficient (Wildman–Crippen LogP) is 3.60. The number of alkyl halides is 2. The maximum absolute atomic E-state index is 12.5. The van der Waals surface area contributed by atoms with Crippen LogP contribution in [0, 0.1) is 0 Å². The molecule has 2 rings (SSSR count). The molecule has 0 amide bonds. The second kappa shape index (κ2) is 3.96. The van der Waals surface area contributed by atoms with E-state index < -0.39 is 12.0 Å². The Hall–Kier alpha value is -1.25. The van der Waals surface area contributed by atoms with Crippen molar-refractivity contribution in [3.63, 3.8) is 0 Å². The molecular weight excluding hydrogens is 236 g/mol. The molecule has 2 nitrogen and oxygen atoms in total. The second-order valence-electron chi connectivity index (χ2n) is 3.77. The molecule has 1 fully saturated rings. The molecule has 0 radical (unpaired) electrons. The summed E-state index contributed by atoms with van der Waals surface area (Å²) in [4.78, 5) is 13.9. The Morgan fingerprint density at radius 3 is 2.62 bits per heavy atom. The van der Waals surface area contributed by atoms with Crippen molar-refractivity contribution in [1.82, 2.24) is 0 Å². The van der Waals surface area contributed by atoms with Gasteiger partial charge in [0.25, 0.3) is 6.43 Å². The molecule has 1 aromatic carbocycles. The summed E-state index contributed by atoms with van der Waals surface area (Å²) in [6.07, 6.45) is 0.220. The minimum absolute atomic E-state index is 0.105. The Morgan fingerprint density at radius 2 is 2.12 bits per heavy atom. The largest absolute Gasteiger partial charge is 0.263 e. The fourth-order valence-electron chi connectivity index (χ4n) is 1.68. The number of rotatable bonds is 3. The van der Waals surface area contributed by atoms with Gasteiger partial charge in [-0.05, 0) is 30.5 Å². The first kappa shape index (κ1) is 11.2. The third-order valence-electron chi connectivity index (χ3n) is 2.73. The normalized spacial score (nSPS) is 17.0. The first-order valence-electron chi connectivity index (χ1n) is 4.76. The van der Waals surface area contributed by atoms with Crippen molar-refractivity contribution in [2.45, 2.75) is 24.8 Å². The molecule has 0 N–H and O–H groups in total. The number of halogens is 3. The maximum Gasteiger partial charge on any atom is 0.263 e. The molecule has 1 aromatic rings. The number of hydrogen-bond donors (Lipinski definition) is 0. The number of aliphatic imine (C=N–C) groups is 1. The van der Waals surface area contributed by atoms with E-state index in [9.17, 15) is 13.6 Å². The smallest absolute Gasteiger partial charge is 0.211 e. The zero-order valence-electron chi connectivity index (χ0n) is 8.21. The van der Waals surface area contributed by atoms with Crippen molar-refractivity contribution in [2.24, 2.45) is 4.99 Å². The van der Waals surface area contributed by atoms with Crippen LogP contribution >= 0.6 is 11.6 Å². The van der Waals surface area contributed by atoms with E-state index in [1.165, 1.54) is 24.3 Å². The van der Waals surface area contributed by atoms with Gasteiger partial charge in [0.05, 0.1) is 5.54 Å². The Balaban J connectivity index is 2.47. The number of hydrogen-bond acceptors (Lipinski definition) is 2. The Morgan fingerprint density at radius 1 is 1.44 bits per heavy atom. The highest BCUT2D eigenvalue weighted by atomic mass is 35.5. The van der Waals surface area contributed by atoms with Crippen molar-refractivity contribution < 1.29 is 13.6 Å². The number of isocyanates is 1. The Labute approximate surface area is 95.9 Å². The van der Waals surface area contributed by atoms with E-state index in [1.54, 1.807) is 0 Å². The van der Waals surface area contributed by atoms with Crippen LogP contribution in [0.5, 0.6) is 0 Å². The van der Waals surface area contributed by atoms with Gasteiger partial charge in [-0.15, -0.1) is 0 Å². The lowest BCUT2D eigenvalue weighted by Crippen LogP contribution is -2.04. The van der Waals surface area contributed by atoms with E-state index >= 15 is 0 Å². The standard InChI is InChI=1S/C11H8ClF2NO/c12-9-2-1-7(10(13)14)5-8(9)11(3-4-11)15-6-16/h1-2,5,10H,3-4H2. The van der Waals surface area contributed by atoms with Crippen LogP contribution in [-0.2, 0) is 10.3 Å². The molecule has 0 spiro atoms. The van der Waals surface area contributed by atoms with Gasteiger partial charge in [-0.25, -0.2) is 13.6 Å². The third-order valence-corrected chi connectivity index (χ3v) is 3.06. The summed E-state index contributed by atoms with van der Waals surface area (Å²) in [6.45, 7) is 0. The van der Waals surface area contributed by atoms with Crippen molar-refractivity contribution in [3.05, 3.63) is 34.3 Å². The van der Waals surface area contributed by atoms with Gasteiger partial charge in [-0.2, -0.15) is 4.99 Å². The van der Waals surface area contributed by atoms with Gasteiger partial charge in [0.15, 0.2) is 0 Å². The van der Waals surface area contributed by atoms with Crippen LogP contribution in [0.3, 0.4) is 0 Å². The van der Waals surface area contributed by atoms with Gasteiger partial charge < -0.3 is 0 Å². The van der Waals surface area contributed by atoms with Crippen LogP contribution in [0.25, 0.3) is 0 Å². The molecule has 84 valence electrons. The summed E-state index contributed by atoms with van der Waals surface area (Å²) in [5, 5.41) is 0.362. The van der Waals surface area contributed by atoms with Gasteiger partial charge in [0.2, 0.25) is 6.08 Å². The molecule has 0 bridgehead atoms. The average Bonchev–Trinajstić information content (AvgIpc) is 2.99. The summed E-state index contributed by atoms with van der Waals surface area (Å²) < 4.78 is 25.0. The fraction of sp³-hybridized carbons (Fsp3) is 0.364. The van der Waals surface area contributed by atoms with Crippen LogP contribution in [-0.4, -0.2) is 6.08 Å². The lowest BCUT2D eigenvalue weighted by atomic mass is 10.0. The van der Waals surface area contributed by atoms with Crippen molar-refractivity contribution in [2.75, 3.05) is 0 Å². The Kier molecular flexibility index (Phi) is 2.78. The van der Waals surface area contributed by atoms with Gasteiger partial charge >= 0.3 is 0 Å². The maximum atomic E-state index is 12.5. The van der Waals surface area contributed by atoms with Gasteiger partial charge in [0.1, 0.15) is 0 Å². The molecule has 0 heterocycles. The summed E-state index contributed by atoms with van der Waals surface area (Å²) >= 11 is 5.93. The number of carbonyl (C=O) groups excluding carboxylic acids is 1. The molecule has 16 heavy (non-hydrogen) atoms. The Bertz CT molecular complexity index is 465. The van der Waals surface area contributed by atoms with Gasteiger partial charge in [-0.1, -0.05) is 17.7 Å². The summed E-state index contributed by atoms with van der Waals surface area (Å²) in [7, 11) is 0. The van der Waals surface area contributed by atoms with Crippen LogP contribution in [0.4, 0.5) is 8.78 Å². The van der Waals surface area contributed by atoms with Crippen LogP contribution < -0.4 is 0 Å². The molecule has 0 atom stereocenters. The molecule has 5 heteroatoms. The van der Waals surface area contributed by atoms with Gasteiger partial charge in [0, 0.05) is 10.6 Å². The van der Waals surface area contributed by atoms with Gasteiger partial charge in [-0.3, -0.25) is 0 Å². The van der Waals surface area contributed by atoms with E-state index in [0.29, 0.717) is 23.4 Å². The molecule has 0 unspecified atom stereocenters. The van der Waals surface area contributed by atoms with Crippen LogP contribution in [0.1, 0.15) is 30.4 Å². The average molecular weight is 244 g/mol. The van der Waals surface area contributed by atoms with E-state index in [2.05, 4.69) is 4.99 Å². The number of benzene rings is 1. The van der Waals surface area contributed by atoms with E-state index in [0.717, 1.165) is 0 Å².